The molecular formula is C12H13F3N2O2. The minimum Gasteiger partial charge on any atom is -0.496 e. The first-order chi connectivity index (χ1) is 8.92. The average Bonchev–Trinajstić information content (AvgIpc) is 2.69. The van der Waals surface area contributed by atoms with E-state index < -0.39 is 24.8 Å². The molecule has 1 unspecified atom stereocenters. The monoisotopic (exact) mass is 274 g/mol. The molecule has 1 aliphatic heterocycles. The molecule has 1 fully saturated rings. The summed E-state index contributed by atoms with van der Waals surface area (Å²) in [5.41, 5.74) is 0.514. The van der Waals surface area contributed by atoms with Crippen molar-refractivity contribution in [1.82, 2.24) is 10.2 Å². The maximum Gasteiger partial charge on any atom is 0.406 e. The number of hydrogen-bond donors (Lipinski definition) is 1. The second-order valence-corrected chi connectivity index (χ2v) is 4.16. The van der Waals surface area contributed by atoms with E-state index in [0.717, 1.165) is 4.90 Å². The number of amides is 1. The van der Waals surface area contributed by atoms with Crippen molar-refractivity contribution in [2.45, 2.75) is 12.3 Å². The van der Waals surface area contributed by atoms with Gasteiger partial charge in [0.1, 0.15) is 18.5 Å². The number of hydrogen-bond acceptors (Lipinski definition) is 3. The van der Waals surface area contributed by atoms with E-state index in [1.165, 1.54) is 7.11 Å². The van der Waals surface area contributed by atoms with Crippen LogP contribution in [0.2, 0.25) is 0 Å². The fraction of sp³-hybridized carbons (Fsp3) is 0.417. The van der Waals surface area contributed by atoms with Crippen LogP contribution in [-0.2, 0) is 4.79 Å². The van der Waals surface area contributed by atoms with Gasteiger partial charge in [0.2, 0.25) is 5.91 Å². The number of rotatable bonds is 3. The first-order valence-corrected chi connectivity index (χ1v) is 5.65. The number of ether oxygens (including phenoxy) is 1. The highest BCUT2D eigenvalue weighted by molar-refractivity contribution is 5.81. The van der Waals surface area contributed by atoms with Crippen LogP contribution < -0.4 is 10.1 Å². The largest absolute Gasteiger partial charge is 0.496 e. The lowest BCUT2D eigenvalue weighted by atomic mass is 10.1. The Morgan fingerprint density at radius 1 is 1.42 bits per heavy atom. The molecule has 0 aliphatic carbocycles. The molecule has 1 saturated heterocycles. The summed E-state index contributed by atoms with van der Waals surface area (Å²) >= 11 is 0. The summed E-state index contributed by atoms with van der Waals surface area (Å²) in [7, 11) is 1.43. The van der Waals surface area contributed by atoms with Crippen molar-refractivity contribution >= 4 is 5.91 Å². The molecular weight excluding hydrogens is 261 g/mol. The van der Waals surface area contributed by atoms with Crippen molar-refractivity contribution in [2.24, 2.45) is 0 Å². The molecule has 0 spiro atoms. The van der Waals surface area contributed by atoms with Gasteiger partial charge in [-0.15, -0.1) is 0 Å². The molecule has 1 amide bonds. The van der Waals surface area contributed by atoms with Gasteiger partial charge in [-0.25, -0.2) is 0 Å². The van der Waals surface area contributed by atoms with Gasteiger partial charge in [-0.3, -0.25) is 10.1 Å². The molecule has 1 heterocycles. The maximum atomic E-state index is 12.5. The lowest BCUT2D eigenvalue weighted by Crippen LogP contribution is -2.38. The lowest BCUT2D eigenvalue weighted by Gasteiger charge is -2.26. The molecule has 2 rings (SSSR count). The summed E-state index contributed by atoms with van der Waals surface area (Å²) in [5.74, 6) is -0.130. The average molecular weight is 274 g/mol. The van der Waals surface area contributed by atoms with Gasteiger partial charge in [0, 0.05) is 5.56 Å². The normalized spacial score (nSPS) is 19.9. The number of halogens is 3. The van der Waals surface area contributed by atoms with Gasteiger partial charge in [0.15, 0.2) is 0 Å². The van der Waals surface area contributed by atoms with Crippen molar-refractivity contribution in [3.8, 4) is 5.75 Å². The van der Waals surface area contributed by atoms with Crippen molar-refractivity contribution in [1.29, 1.82) is 0 Å². The summed E-state index contributed by atoms with van der Waals surface area (Å²) in [6.07, 6.45) is -5.24. The van der Waals surface area contributed by atoms with Crippen molar-refractivity contribution in [2.75, 3.05) is 20.2 Å². The molecule has 0 radical (unpaired) electrons. The molecule has 1 atom stereocenters. The Balaban J connectivity index is 2.30. The zero-order chi connectivity index (χ0) is 14.0. The minimum absolute atomic E-state index is 0.112. The van der Waals surface area contributed by atoms with Crippen LogP contribution in [0.3, 0.4) is 0 Å². The Kier molecular flexibility index (Phi) is 3.66. The highest BCUT2D eigenvalue weighted by Gasteiger charge is 2.41. The van der Waals surface area contributed by atoms with Crippen molar-refractivity contribution in [3.63, 3.8) is 0 Å². The number of para-hydroxylation sites is 1. The third-order valence-corrected chi connectivity index (χ3v) is 2.86. The summed E-state index contributed by atoms with van der Waals surface area (Å²) in [6, 6.07) is 6.69. The van der Waals surface area contributed by atoms with E-state index in [1.54, 1.807) is 24.3 Å². The van der Waals surface area contributed by atoms with Crippen LogP contribution in [0.15, 0.2) is 24.3 Å². The lowest BCUT2D eigenvalue weighted by molar-refractivity contribution is -0.161. The predicted molar refractivity (Wildman–Crippen MR) is 61.5 cm³/mol. The van der Waals surface area contributed by atoms with Crippen LogP contribution in [0, 0.1) is 0 Å². The Hall–Kier alpha value is -1.76. The third-order valence-electron chi connectivity index (χ3n) is 2.86. The van der Waals surface area contributed by atoms with Crippen LogP contribution >= 0.6 is 0 Å². The molecule has 1 aromatic rings. The molecule has 0 saturated carbocycles. The van der Waals surface area contributed by atoms with Crippen molar-refractivity contribution in [3.05, 3.63) is 29.8 Å². The molecule has 0 aromatic heterocycles. The molecule has 104 valence electrons. The molecule has 1 aliphatic rings. The molecule has 1 aromatic carbocycles. The van der Waals surface area contributed by atoms with Gasteiger partial charge in [-0.1, -0.05) is 18.2 Å². The Bertz CT molecular complexity index is 476. The van der Waals surface area contributed by atoms with E-state index in [4.69, 9.17) is 4.74 Å². The number of carbonyl (C=O) groups is 1. The fourth-order valence-corrected chi connectivity index (χ4v) is 2.08. The fourth-order valence-electron chi connectivity index (χ4n) is 2.08. The predicted octanol–water partition coefficient (Wildman–Crippen LogP) is 1.69. The van der Waals surface area contributed by atoms with Crippen molar-refractivity contribution < 1.29 is 22.7 Å². The molecule has 4 nitrogen and oxygen atoms in total. The quantitative estimate of drug-likeness (QED) is 0.912. The van der Waals surface area contributed by atoms with E-state index in [2.05, 4.69) is 5.32 Å². The number of nitrogens with one attached hydrogen (secondary N) is 1. The molecule has 1 N–H and O–H groups in total. The minimum atomic E-state index is -4.43. The van der Waals surface area contributed by atoms with Crippen LogP contribution in [0.5, 0.6) is 5.75 Å². The molecule has 0 bridgehead atoms. The van der Waals surface area contributed by atoms with Gasteiger partial charge in [0.25, 0.3) is 0 Å². The topological polar surface area (TPSA) is 41.6 Å². The Labute approximate surface area is 108 Å². The zero-order valence-electron chi connectivity index (χ0n) is 10.2. The zero-order valence-corrected chi connectivity index (χ0v) is 10.2. The van der Waals surface area contributed by atoms with Crippen LogP contribution in [0.25, 0.3) is 0 Å². The summed E-state index contributed by atoms with van der Waals surface area (Å²) in [4.78, 5) is 12.3. The number of alkyl halides is 3. The van der Waals surface area contributed by atoms with Gasteiger partial charge >= 0.3 is 6.18 Å². The standard InChI is InChI=1S/C12H13F3N2O2/c1-19-9-5-3-2-4-8(9)11-16-6-10(18)17(11)7-12(13,14)15/h2-5,11,16H,6-7H2,1H3. The van der Waals surface area contributed by atoms with E-state index in [0.29, 0.717) is 11.3 Å². The van der Waals surface area contributed by atoms with E-state index in [9.17, 15) is 18.0 Å². The number of benzene rings is 1. The van der Waals surface area contributed by atoms with Gasteiger partial charge in [-0.05, 0) is 6.07 Å². The number of carbonyl (C=O) groups excluding carboxylic acids is 1. The van der Waals surface area contributed by atoms with E-state index in [1.807, 2.05) is 0 Å². The Morgan fingerprint density at radius 3 is 2.74 bits per heavy atom. The van der Waals surface area contributed by atoms with Crippen LogP contribution in [-0.4, -0.2) is 37.2 Å². The van der Waals surface area contributed by atoms with Gasteiger partial charge < -0.3 is 9.64 Å². The summed E-state index contributed by atoms with van der Waals surface area (Å²) < 4.78 is 42.6. The van der Waals surface area contributed by atoms with E-state index >= 15 is 0 Å². The Morgan fingerprint density at radius 2 is 2.11 bits per heavy atom. The summed E-state index contributed by atoms with van der Waals surface area (Å²) in [5, 5.41) is 2.77. The number of methoxy groups -OCH3 is 1. The highest BCUT2D eigenvalue weighted by Crippen LogP contribution is 2.32. The van der Waals surface area contributed by atoms with E-state index in [-0.39, 0.29) is 6.54 Å². The van der Waals surface area contributed by atoms with Crippen LogP contribution in [0.4, 0.5) is 13.2 Å². The first-order valence-electron chi connectivity index (χ1n) is 5.65. The number of nitrogens with zero attached hydrogens (tertiary/aromatic N) is 1. The summed E-state index contributed by atoms with van der Waals surface area (Å²) in [6.45, 7) is -1.39. The third kappa shape index (κ3) is 2.98. The van der Waals surface area contributed by atoms with Crippen LogP contribution in [0.1, 0.15) is 11.7 Å². The second kappa shape index (κ2) is 5.08. The molecule has 19 heavy (non-hydrogen) atoms. The van der Waals surface area contributed by atoms with Gasteiger partial charge in [0.05, 0.1) is 13.7 Å². The smallest absolute Gasteiger partial charge is 0.406 e. The van der Waals surface area contributed by atoms with Gasteiger partial charge in [-0.2, -0.15) is 13.2 Å². The maximum absolute atomic E-state index is 12.5. The highest BCUT2D eigenvalue weighted by atomic mass is 19.4. The first kappa shape index (κ1) is 13.7. The molecule has 7 heteroatoms. The SMILES string of the molecule is COc1ccccc1C1NCC(=O)N1CC(F)(F)F. The second-order valence-electron chi connectivity index (χ2n) is 4.16.